The van der Waals surface area contributed by atoms with Gasteiger partial charge in [-0.1, -0.05) is 0 Å². The van der Waals surface area contributed by atoms with Crippen LogP contribution in [0.4, 0.5) is 0 Å². The number of hydrogen-bond donors (Lipinski definition) is 2. The number of hydrogen-bond acceptors (Lipinski definition) is 3. The number of amides is 1. The number of carbonyl (C=O) groups excluding carboxylic acids is 1. The third-order valence-corrected chi connectivity index (χ3v) is 1.50. The predicted octanol–water partition coefficient (Wildman–Crippen LogP) is -0.208. The Morgan fingerprint density at radius 2 is 2.00 bits per heavy atom. The standard InChI is InChI=1S/C9H21N3O/c1-9(2,10)7-8(13)11-5-6-12(3)4/h5-7,10H2,1-4H3,(H,11,13). The largest absolute Gasteiger partial charge is 0.355 e. The Morgan fingerprint density at radius 1 is 1.46 bits per heavy atom. The zero-order valence-electron chi connectivity index (χ0n) is 9.05. The number of nitrogens with one attached hydrogen (secondary N) is 1. The van der Waals surface area contributed by atoms with Gasteiger partial charge in [0, 0.05) is 25.0 Å². The summed E-state index contributed by atoms with van der Waals surface area (Å²) < 4.78 is 0. The van der Waals surface area contributed by atoms with Crippen LogP contribution in [-0.2, 0) is 4.79 Å². The summed E-state index contributed by atoms with van der Waals surface area (Å²) in [7, 11) is 3.94. The molecule has 4 heteroatoms. The second kappa shape index (κ2) is 5.19. The van der Waals surface area contributed by atoms with Gasteiger partial charge in [-0.25, -0.2) is 0 Å². The minimum absolute atomic E-state index is 0.0225. The van der Waals surface area contributed by atoms with E-state index in [0.717, 1.165) is 6.54 Å². The fraction of sp³-hybridized carbons (Fsp3) is 0.889. The van der Waals surface area contributed by atoms with Crippen molar-refractivity contribution in [2.45, 2.75) is 25.8 Å². The lowest BCUT2D eigenvalue weighted by Crippen LogP contribution is -2.40. The first-order chi connectivity index (χ1) is 5.81. The van der Waals surface area contributed by atoms with Gasteiger partial charge in [-0.15, -0.1) is 0 Å². The Hall–Kier alpha value is -0.610. The summed E-state index contributed by atoms with van der Waals surface area (Å²) in [6, 6.07) is 0. The van der Waals surface area contributed by atoms with E-state index in [0.29, 0.717) is 13.0 Å². The number of likely N-dealkylation sites (N-methyl/N-ethyl adjacent to an activating group) is 1. The van der Waals surface area contributed by atoms with Crippen molar-refractivity contribution in [2.24, 2.45) is 5.73 Å². The molecule has 0 aromatic rings. The van der Waals surface area contributed by atoms with Crippen LogP contribution in [0.3, 0.4) is 0 Å². The average Bonchev–Trinajstić information content (AvgIpc) is 1.81. The molecule has 0 aliphatic carbocycles. The summed E-state index contributed by atoms with van der Waals surface area (Å²) in [4.78, 5) is 13.3. The van der Waals surface area contributed by atoms with E-state index in [4.69, 9.17) is 5.73 Å². The fourth-order valence-corrected chi connectivity index (χ4v) is 0.895. The molecule has 1 amide bonds. The van der Waals surface area contributed by atoms with Crippen molar-refractivity contribution in [3.05, 3.63) is 0 Å². The van der Waals surface area contributed by atoms with Crippen molar-refractivity contribution in [2.75, 3.05) is 27.2 Å². The van der Waals surface area contributed by atoms with Crippen LogP contribution in [0.15, 0.2) is 0 Å². The highest BCUT2D eigenvalue weighted by molar-refractivity contribution is 5.77. The van der Waals surface area contributed by atoms with Gasteiger partial charge in [0.15, 0.2) is 0 Å². The van der Waals surface area contributed by atoms with E-state index >= 15 is 0 Å². The molecule has 0 bridgehead atoms. The lowest BCUT2D eigenvalue weighted by Gasteiger charge is -2.18. The number of carbonyl (C=O) groups is 1. The number of rotatable bonds is 5. The van der Waals surface area contributed by atoms with E-state index in [1.807, 2.05) is 32.8 Å². The Morgan fingerprint density at radius 3 is 2.38 bits per heavy atom. The Kier molecular flexibility index (Phi) is 4.95. The highest BCUT2D eigenvalue weighted by Gasteiger charge is 2.15. The fourth-order valence-electron chi connectivity index (χ4n) is 0.895. The van der Waals surface area contributed by atoms with Gasteiger partial charge in [-0.3, -0.25) is 4.79 Å². The SMILES string of the molecule is CN(C)CCNC(=O)CC(C)(C)N. The lowest BCUT2D eigenvalue weighted by atomic mass is 10.0. The first kappa shape index (κ1) is 12.4. The van der Waals surface area contributed by atoms with Gasteiger partial charge in [0.1, 0.15) is 0 Å². The molecule has 0 unspecified atom stereocenters. The summed E-state index contributed by atoms with van der Waals surface area (Å²) in [6.07, 6.45) is 0.375. The molecule has 0 heterocycles. The molecule has 0 saturated heterocycles. The predicted molar refractivity (Wildman–Crippen MR) is 54.4 cm³/mol. The molecule has 0 rings (SSSR count). The maximum Gasteiger partial charge on any atom is 0.221 e. The molecule has 13 heavy (non-hydrogen) atoms. The quantitative estimate of drug-likeness (QED) is 0.626. The second-order valence-corrected chi connectivity index (χ2v) is 4.32. The maximum absolute atomic E-state index is 11.2. The molecule has 0 radical (unpaired) electrons. The molecule has 0 fully saturated rings. The highest BCUT2D eigenvalue weighted by Crippen LogP contribution is 2.01. The molecular weight excluding hydrogens is 166 g/mol. The van der Waals surface area contributed by atoms with Crippen molar-refractivity contribution in [1.29, 1.82) is 0 Å². The van der Waals surface area contributed by atoms with Crippen LogP contribution in [0.25, 0.3) is 0 Å². The van der Waals surface area contributed by atoms with Gasteiger partial charge in [0.25, 0.3) is 0 Å². The summed E-state index contributed by atoms with van der Waals surface area (Å²) >= 11 is 0. The van der Waals surface area contributed by atoms with Gasteiger partial charge in [-0.2, -0.15) is 0 Å². The van der Waals surface area contributed by atoms with Gasteiger partial charge in [-0.05, 0) is 27.9 Å². The van der Waals surface area contributed by atoms with E-state index in [2.05, 4.69) is 5.32 Å². The highest BCUT2D eigenvalue weighted by atomic mass is 16.1. The van der Waals surface area contributed by atoms with Gasteiger partial charge in [0.2, 0.25) is 5.91 Å². The first-order valence-corrected chi connectivity index (χ1v) is 4.51. The minimum Gasteiger partial charge on any atom is -0.355 e. The summed E-state index contributed by atoms with van der Waals surface area (Å²) in [5.41, 5.74) is 5.28. The van der Waals surface area contributed by atoms with Crippen LogP contribution < -0.4 is 11.1 Å². The van der Waals surface area contributed by atoms with Crippen molar-refractivity contribution >= 4 is 5.91 Å². The van der Waals surface area contributed by atoms with Crippen LogP contribution in [0, 0.1) is 0 Å². The lowest BCUT2D eigenvalue weighted by molar-refractivity contribution is -0.122. The third kappa shape index (κ3) is 9.30. The Bertz CT molecular complexity index is 161. The average molecular weight is 187 g/mol. The van der Waals surface area contributed by atoms with E-state index in [-0.39, 0.29) is 5.91 Å². The zero-order chi connectivity index (χ0) is 10.5. The van der Waals surface area contributed by atoms with Crippen LogP contribution in [0.1, 0.15) is 20.3 Å². The molecule has 0 aliphatic rings. The molecule has 0 aliphatic heterocycles. The molecule has 0 atom stereocenters. The van der Waals surface area contributed by atoms with Crippen molar-refractivity contribution in [3.63, 3.8) is 0 Å². The van der Waals surface area contributed by atoms with Crippen molar-refractivity contribution < 1.29 is 4.79 Å². The molecule has 0 spiro atoms. The normalized spacial score (nSPS) is 11.8. The Labute approximate surface area is 80.5 Å². The summed E-state index contributed by atoms with van der Waals surface area (Å²) in [5, 5.41) is 2.81. The summed E-state index contributed by atoms with van der Waals surface area (Å²) in [6.45, 7) is 5.23. The molecular formula is C9H21N3O. The molecule has 4 nitrogen and oxygen atoms in total. The molecule has 0 saturated carbocycles. The topological polar surface area (TPSA) is 58.4 Å². The molecule has 0 aromatic heterocycles. The first-order valence-electron chi connectivity index (χ1n) is 4.51. The van der Waals surface area contributed by atoms with Crippen LogP contribution in [0.2, 0.25) is 0 Å². The van der Waals surface area contributed by atoms with Crippen molar-refractivity contribution in [1.82, 2.24) is 10.2 Å². The molecule has 0 aromatic carbocycles. The van der Waals surface area contributed by atoms with Gasteiger partial charge < -0.3 is 16.0 Å². The summed E-state index contributed by atoms with van der Waals surface area (Å²) in [5.74, 6) is 0.0225. The molecule has 78 valence electrons. The second-order valence-electron chi connectivity index (χ2n) is 4.32. The van der Waals surface area contributed by atoms with Crippen LogP contribution in [0.5, 0.6) is 0 Å². The van der Waals surface area contributed by atoms with E-state index < -0.39 is 5.54 Å². The Balaban J connectivity index is 3.53. The zero-order valence-corrected chi connectivity index (χ0v) is 9.05. The van der Waals surface area contributed by atoms with Gasteiger partial charge >= 0.3 is 0 Å². The molecule has 3 N–H and O–H groups in total. The third-order valence-electron chi connectivity index (χ3n) is 1.50. The number of nitrogens with zero attached hydrogens (tertiary/aromatic N) is 1. The van der Waals surface area contributed by atoms with Crippen molar-refractivity contribution in [3.8, 4) is 0 Å². The van der Waals surface area contributed by atoms with Crippen LogP contribution in [-0.4, -0.2) is 43.5 Å². The monoisotopic (exact) mass is 187 g/mol. The van der Waals surface area contributed by atoms with E-state index in [1.54, 1.807) is 0 Å². The van der Waals surface area contributed by atoms with E-state index in [9.17, 15) is 4.79 Å². The smallest absolute Gasteiger partial charge is 0.221 e. The maximum atomic E-state index is 11.2. The minimum atomic E-state index is -0.414. The van der Waals surface area contributed by atoms with E-state index in [1.165, 1.54) is 0 Å². The van der Waals surface area contributed by atoms with Crippen LogP contribution >= 0.6 is 0 Å². The van der Waals surface area contributed by atoms with Gasteiger partial charge in [0.05, 0.1) is 0 Å². The number of nitrogens with two attached hydrogens (primary N) is 1.